The predicted octanol–water partition coefficient (Wildman–Crippen LogP) is 3.74. The summed E-state index contributed by atoms with van der Waals surface area (Å²) in [5.74, 6) is 0.538. The van der Waals surface area contributed by atoms with E-state index >= 15 is 0 Å². The highest BCUT2D eigenvalue weighted by molar-refractivity contribution is 6.31. The van der Waals surface area contributed by atoms with Crippen LogP contribution in [0.1, 0.15) is 43.7 Å². The number of halogens is 2. The molecule has 1 saturated carbocycles. The number of rotatable bonds is 3. The number of hydrogen-bond acceptors (Lipinski definition) is 2. The molecule has 4 heteroatoms. The zero-order valence-electron chi connectivity index (χ0n) is 11.7. The van der Waals surface area contributed by atoms with E-state index in [-0.39, 0.29) is 11.9 Å². The lowest BCUT2D eigenvalue weighted by Gasteiger charge is -2.43. The summed E-state index contributed by atoms with van der Waals surface area (Å²) in [6.45, 7) is 1.43. The van der Waals surface area contributed by atoms with E-state index < -0.39 is 0 Å². The van der Waals surface area contributed by atoms with E-state index in [1.54, 1.807) is 12.1 Å². The molecule has 1 saturated heterocycles. The molecule has 1 heterocycles. The van der Waals surface area contributed by atoms with Crippen LogP contribution in [-0.4, -0.2) is 24.0 Å². The molecule has 0 amide bonds. The molecule has 2 nitrogen and oxygen atoms in total. The predicted molar refractivity (Wildman–Crippen MR) is 80.3 cm³/mol. The van der Waals surface area contributed by atoms with Crippen LogP contribution in [0.2, 0.25) is 5.02 Å². The normalized spacial score (nSPS) is 28.4. The Hall–Kier alpha value is -0.640. The third kappa shape index (κ3) is 2.47. The number of nitrogens with two attached hydrogens (primary N) is 1. The van der Waals surface area contributed by atoms with Gasteiger partial charge in [0.15, 0.2) is 0 Å². The maximum absolute atomic E-state index is 14.2. The average molecular weight is 297 g/mol. The Morgan fingerprint density at radius 1 is 1.30 bits per heavy atom. The molecule has 0 spiro atoms. The molecule has 1 aromatic rings. The van der Waals surface area contributed by atoms with Gasteiger partial charge >= 0.3 is 0 Å². The van der Waals surface area contributed by atoms with Crippen LogP contribution in [0.25, 0.3) is 0 Å². The Balaban J connectivity index is 1.93. The van der Waals surface area contributed by atoms with Crippen molar-refractivity contribution in [3.05, 3.63) is 34.6 Å². The molecule has 1 aliphatic heterocycles. The van der Waals surface area contributed by atoms with Crippen molar-refractivity contribution in [2.45, 2.75) is 44.2 Å². The standard InChI is InChI=1S/C16H22ClFN2/c17-12-6-2-7-13(18)16(12)15(10-19)20-9-3-5-11-4-1-8-14(11)20/h2,6-7,11,14-15H,1,3-5,8-10,19H2. The third-order valence-electron chi connectivity index (χ3n) is 4.99. The van der Waals surface area contributed by atoms with E-state index in [1.807, 2.05) is 0 Å². The van der Waals surface area contributed by atoms with Gasteiger partial charge in [-0.15, -0.1) is 0 Å². The van der Waals surface area contributed by atoms with Crippen LogP contribution in [0.3, 0.4) is 0 Å². The molecule has 1 aliphatic carbocycles. The van der Waals surface area contributed by atoms with Gasteiger partial charge in [0.25, 0.3) is 0 Å². The minimum atomic E-state index is -0.229. The van der Waals surface area contributed by atoms with E-state index in [2.05, 4.69) is 4.90 Å². The van der Waals surface area contributed by atoms with Crippen molar-refractivity contribution in [1.29, 1.82) is 0 Å². The second-order valence-corrected chi connectivity index (χ2v) is 6.43. The average Bonchev–Trinajstić information content (AvgIpc) is 2.91. The zero-order chi connectivity index (χ0) is 14.1. The number of nitrogens with zero attached hydrogens (tertiary/aromatic N) is 1. The van der Waals surface area contributed by atoms with E-state index in [4.69, 9.17) is 17.3 Å². The van der Waals surface area contributed by atoms with Gasteiger partial charge in [0.2, 0.25) is 0 Å². The minimum Gasteiger partial charge on any atom is -0.329 e. The fourth-order valence-corrected chi connectivity index (χ4v) is 4.42. The first-order valence-electron chi connectivity index (χ1n) is 7.62. The summed E-state index contributed by atoms with van der Waals surface area (Å²) in [7, 11) is 0. The van der Waals surface area contributed by atoms with Gasteiger partial charge in [-0.1, -0.05) is 24.1 Å². The first-order chi connectivity index (χ1) is 9.72. The summed E-state index contributed by atoms with van der Waals surface area (Å²) < 4.78 is 14.2. The van der Waals surface area contributed by atoms with Crippen LogP contribution in [0.4, 0.5) is 4.39 Å². The topological polar surface area (TPSA) is 29.3 Å². The molecule has 3 unspecified atom stereocenters. The molecule has 2 fully saturated rings. The molecule has 0 bridgehead atoms. The lowest BCUT2D eigenvalue weighted by Crippen LogP contribution is -2.47. The van der Waals surface area contributed by atoms with Crippen molar-refractivity contribution in [2.75, 3.05) is 13.1 Å². The molecule has 20 heavy (non-hydrogen) atoms. The van der Waals surface area contributed by atoms with Crippen LogP contribution < -0.4 is 5.73 Å². The number of hydrogen-bond donors (Lipinski definition) is 1. The van der Waals surface area contributed by atoms with Crippen LogP contribution >= 0.6 is 11.6 Å². The Labute approximate surface area is 125 Å². The Morgan fingerprint density at radius 3 is 2.85 bits per heavy atom. The van der Waals surface area contributed by atoms with Crippen LogP contribution in [0.5, 0.6) is 0 Å². The molecule has 1 aromatic carbocycles. The highest BCUT2D eigenvalue weighted by Gasteiger charge is 2.39. The van der Waals surface area contributed by atoms with E-state index in [9.17, 15) is 4.39 Å². The molecule has 0 aromatic heterocycles. The fourth-order valence-electron chi connectivity index (χ4n) is 4.13. The molecule has 3 rings (SSSR count). The monoisotopic (exact) mass is 296 g/mol. The molecule has 2 N–H and O–H groups in total. The maximum Gasteiger partial charge on any atom is 0.129 e. The van der Waals surface area contributed by atoms with Gasteiger partial charge in [-0.3, -0.25) is 4.90 Å². The van der Waals surface area contributed by atoms with Crippen LogP contribution in [0.15, 0.2) is 18.2 Å². The van der Waals surface area contributed by atoms with E-state index in [0.717, 1.165) is 12.5 Å². The molecule has 0 radical (unpaired) electrons. The van der Waals surface area contributed by atoms with Gasteiger partial charge in [-0.05, 0) is 50.3 Å². The minimum absolute atomic E-state index is 0.0883. The highest BCUT2D eigenvalue weighted by Crippen LogP contribution is 2.41. The van der Waals surface area contributed by atoms with Gasteiger partial charge < -0.3 is 5.73 Å². The lowest BCUT2D eigenvalue weighted by molar-refractivity contribution is 0.0686. The van der Waals surface area contributed by atoms with Crippen molar-refractivity contribution in [2.24, 2.45) is 11.7 Å². The third-order valence-corrected chi connectivity index (χ3v) is 5.32. The second-order valence-electron chi connectivity index (χ2n) is 6.03. The van der Waals surface area contributed by atoms with Crippen molar-refractivity contribution < 1.29 is 4.39 Å². The Morgan fingerprint density at radius 2 is 2.10 bits per heavy atom. The molecule has 3 atom stereocenters. The summed E-state index contributed by atoms with van der Waals surface area (Å²) >= 11 is 6.24. The summed E-state index contributed by atoms with van der Waals surface area (Å²) in [6.07, 6.45) is 6.30. The maximum atomic E-state index is 14.2. The first-order valence-corrected chi connectivity index (χ1v) is 8.00. The second kappa shape index (κ2) is 6.00. The van der Waals surface area contributed by atoms with Crippen molar-refractivity contribution >= 4 is 11.6 Å². The van der Waals surface area contributed by atoms with Gasteiger partial charge in [-0.25, -0.2) is 4.39 Å². The number of piperidine rings is 1. The zero-order valence-corrected chi connectivity index (χ0v) is 12.5. The fraction of sp³-hybridized carbons (Fsp3) is 0.625. The van der Waals surface area contributed by atoms with Gasteiger partial charge in [0.1, 0.15) is 5.82 Å². The van der Waals surface area contributed by atoms with Gasteiger partial charge in [0.05, 0.1) is 6.04 Å². The summed E-state index contributed by atoms with van der Waals surface area (Å²) in [5.41, 5.74) is 6.58. The Kier molecular flexibility index (Phi) is 4.29. The molecular weight excluding hydrogens is 275 g/mol. The van der Waals surface area contributed by atoms with Crippen LogP contribution in [0, 0.1) is 11.7 Å². The van der Waals surface area contributed by atoms with Crippen molar-refractivity contribution in [3.8, 4) is 0 Å². The van der Waals surface area contributed by atoms with Gasteiger partial charge in [-0.2, -0.15) is 0 Å². The molecular formula is C16H22ClFN2. The quantitative estimate of drug-likeness (QED) is 0.920. The largest absolute Gasteiger partial charge is 0.329 e. The summed E-state index contributed by atoms with van der Waals surface area (Å²) in [4.78, 5) is 2.42. The summed E-state index contributed by atoms with van der Waals surface area (Å²) in [6, 6.07) is 5.38. The smallest absolute Gasteiger partial charge is 0.129 e. The Bertz CT molecular complexity index is 459. The van der Waals surface area contributed by atoms with Crippen LogP contribution in [-0.2, 0) is 0 Å². The number of fused-ring (bicyclic) bond motifs is 1. The number of likely N-dealkylation sites (tertiary alicyclic amines) is 1. The first kappa shape index (κ1) is 14.3. The van der Waals surface area contributed by atoms with Crippen molar-refractivity contribution in [3.63, 3.8) is 0 Å². The SMILES string of the molecule is NCC(c1c(F)cccc1Cl)N1CCCC2CCCC21. The lowest BCUT2D eigenvalue weighted by atomic mass is 9.89. The highest BCUT2D eigenvalue weighted by atomic mass is 35.5. The number of benzene rings is 1. The van der Waals surface area contributed by atoms with E-state index in [0.29, 0.717) is 23.2 Å². The summed E-state index contributed by atoms with van der Waals surface area (Å²) in [5, 5.41) is 0.501. The van der Waals surface area contributed by atoms with Crippen molar-refractivity contribution in [1.82, 2.24) is 4.90 Å². The van der Waals surface area contributed by atoms with Gasteiger partial charge in [0, 0.05) is 23.2 Å². The molecule has 2 aliphatic rings. The molecule has 110 valence electrons. The van der Waals surface area contributed by atoms with E-state index in [1.165, 1.54) is 38.2 Å².